The zero-order valence-electron chi connectivity index (χ0n) is 14.8. The minimum atomic E-state index is -0.407. The van der Waals surface area contributed by atoms with Crippen LogP contribution in [0, 0.1) is 12.7 Å². The molecule has 0 bridgehead atoms. The molecule has 136 valence electrons. The first kappa shape index (κ1) is 16.0. The summed E-state index contributed by atoms with van der Waals surface area (Å²) >= 11 is 0. The van der Waals surface area contributed by atoms with Crippen LogP contribution in [0.5, 0.6) is 0 Å². The van der Waals surface area contributed by atoms with Gasteiger partial charge < -0.3 is 10.7 Å². The molecule has 1 saturated carbocycles. The molecule has 0 atom stereocenters. The number of nitrogens with two attached hydrogens (primary N) is 1. The summed E-state index contributed by atoms with van der Waals surface area (Å²) in [7, 11) is 0. The fraction of sp³-hybridized carbons (Fsp3) is 0.250. The Balaban J connectivity index is 1.87. The number of nitrogens with zero attached hydrogens (tertiary/aromatic N) is 2. The quantitative estimate of drug-likeness (QED) is 0.505. The van der Waals surface area contributed by atoms with Crippen molar-refractivity contribution in [2.24, 2.45) is 0 Å². The van der Waals surface area contributed by atoms with E-state index in [1.165, 1.54) is 24.2 Å². The Kier molecular flexibility index (Phi) is 3.34. The van der Waals surface area contributed by atoms with Gasteiger partial charge in [0.15, 0.2) is 0 Å². The largest absolute Gasteiger partial charge is 0.394 e. The van der Waals surface area contributed by atoms with Gasteiger partial charge in [-0.05, 0) is 48.4 Å². The molecular weight excluding hydrogens is 345 g/mol. The van der Waals surface area contributed by atoms with E-state index >= 15 is 0 Å². The number of H-pyrrole nitrogens is 2. The minimum Gasteiger partial charge on any atom is -0.394 e. The molecule has 4 aromatic rings. The summed E-state index contributed by atoms with van der Waals surface area (Å²) in [6.07, 6.45) is 6.94. The first-order valence-electron chi connectivity index (χ1n) is 8.99. The number of fused-ring (bicyclic) bond motifs is 2. The van der Waals surface area contributed by atoms with Gasteiger partial charge in [-0.2, -0.15) is 5.10 Å². The summed E-state index contributed by atoms with van der Waals surface area (Å²) in [5, 5.41) is 7.17. The average Bonchev–Trinajstić information content (AvgIpc) is 3.10. The zero-order valence-corrected chi connectivity index (χ0v) is 14.8. The summed E-state index contributed by atoms with van der Waals surface area (Å²) in [4.78, 5) is 20.1. The van der Waals surface area contributed by atoms with Crippen molar-refractivity contribution in [3.63, 3.8) is 0 Å². The molecule has 27 heavy (non-hydrogen) atoms. The zero-order chi connectivity index (χ0) is 18.7. The van der Waals surface area contributed by atoms with E-state index in [4.69, 9.17) is 5.73 Å². The van der Waals surface area contributed by atoms with E-state index in [1.807, 2.05) is 13.1 Å². The van der Waals surface area contributed by atoms with E-state index < -0.39 is 5.82 Å². The number of aromatic nitrogens is 4. The smallest absolute Gasteiger partial charge is 0.272 e. The first-order chi connectivity index (χ1) is 13.1. The molecule has 0 spiro atoms. The minimum absolute atomic E-state index is 0.0694. The molecule has 5 rings (SSSR count). The van der Waals surface area contributed by atoms with Crippen LogP contribution >= 0.6 is 0 Å². The molecule has 0 aliphatic heterocycles. The van der Waals surface area contributed by atoms with Crippen molar-refractivity contribution >= 4 is 27.6 Å². The second-order valence-electron chi connectivity index (χ2n) is 7.19. The number of hydrogen-bond acceptors (Lipinski definition) is 4. The van der Waals surface area contributed by atoms with Gasteiger partial charge in [0.05, 0.1) is 17.2 Å². The maximum Gasteiger partial charge on any atom is 0.272 e. The van der Waals surface area contributed by atoms with Crippen molar-refractivity contribution < 1.29 is 4.39 Å². The average molecular weight is 363 g/mol. The van der Waals surface area contributed by atoms with Gasteiger partial charge in [0.25, 0.3) is 5.56 Å². The predicted octanol–water partition coefficient (Wildman–Crippen LogP) is 3.76. The first-order valence-corrected chi connectivity index (χ1v) is 8.99. The Morgan fingerprint density at radius 2 is 2.04 bits per heavy atom. The number of aromatic amines is 2. The van der Waals surface area contributed by atoms with Crippen LogP contribution in [0.25, 0.3) is 33.1 Å². The van der Waals surface area contributed by atoms with Crippen molar-refractivity contribution in [2.45, 2.75) is 32.1 Å². The third-order valence-electron chi connectivity index (χ3n) is 5.75. The van der Waals surface area contributed by atoms with Crippen molar-refractivity contribution in [2.75, 3.05) is 5.73 Å². The van der Waals surface area contributed by atoms with E-state index in [1.54, 1.807) is 6.07 Å². The van der Waals surface area contributed by atoms with Gasteiger partial charge >= 0.3 is 0 Å². The van der Waals surface area contributed by atoms with Gasteiger partial charge in [-0.15, -0.1) is 0 Å². The van der Waals surface area contributed by atoms with Gasteiger partial charge in [0.1, 0.15) is 17.0 Å². The van der Waals surface area contributed by atoms with Crippen LogP contribution in [0.15, 0.2) is 29.3 Å². The Morgan fingerprint density at radius 1 is 1.22 bits per heavy atom. The standard InChI is InChI=1S/C20H18FN5O/c1-9-12(10-3-2-4-10)7-23-19-15(16(22)20(27)25-17(9)19)11-5-6-14(21)18-13(11)8-24-26-18/h5-8,10H,2-4,22H2,1H3,(H,24,26)(H,25,27). The van der Waals surface area contributed by atoms with Crippen LogP contribution in [-0.2, 0) is 0 Å². The van der Waals surface area contributed by atoms with Gasteiger partial charge in [-0.3, -0.25) is 14.9 Å². The molecule has 3 heterocycles. The molecule has 3 aromatic heterocycles. The number of benzene rings is 1. The molecule has 6 nitrogen and oxygen atoms in total. The Bertz CT molecular complexity index is 1270. The predicted molar refractivity (Wildman–Crippen MR) is 103 cm³/mol. The van der Waals surface area contributed by atoms with E-state index in [9.17, 15) is 9.18 Å². The molecule has 0 saturated heterocycles. The lowest BCUT2D eigenvalue weighted by Gasteiger charge is -2.27. The lowest BCUT2D eigenvalue weighted by molar-refractivity contribution is 0.418. The van der Waals surface area contributed by atoms with Gasteiger partial charge in [0.2, 0.25) is 0 Å². The van der Waals surface area contributed by atoms with E-state index in [0.717, 1.165) is 18.4 Å². The van der Waals surface area contributed by atoms with Crippen LogP contribution < -0.4 is 11.3 Å². The number of halogens is 1. The van der Waals surface area contributed by atoms with Crippen LogP contribution in [0.1, 0.15) is 36.3 Å². The second-order valence-corrected chi connectivity index (χ2v) is 7.19. The highest BCUT2D eigenvalue weighted by Gasteiger charge is 2.25. The number of anilines is 1. The topological polar surface area (TPSA) is 100 Å². The van der Waals surface area contributed by atoms with Crippen LogP contribution in [0.3, 0.4) is 0 Å². The highest BCUT2D eigenvalue weighted by Crippen LogP contribution is 2.41. The Morgan fingerprint density at radius 3 is 2.78 bits per heavy atom. The molecule has 1 aromatic carbocycles. The summed E-state index contributed by atoms with van der Waals surface area (Å²) in [6.45, 7) is 2.01. The number of aryl methyl sites for hydroxylation is 1. The van der Waals surface area contributed by atoms with Crippen molar-refractivity contribution in [3.05, 3.63) is 51.8 Å². The number of hydrogen-bond donors (Lipinski definition) is 3. The second kappa shape index (κ2) is 5.64. The van der Waals surface area contributed by atoms with Crippen molar-refractivity contribution in [1.82, 2.24) is 20.2 Å². The molecular formula is C20H18FN5O. The highest BCUT2D eigenvalue weighted by atomic mass is 19.1. The Labute approximate surface area is 153 Å². The van der Waals surface area contributed by atoms with E-state index in [0.29, 0.717) is 33.5 Å². The Hall–Kier alpha value is -3.22. The maximum absolute atomic E-state index is 14.1. The van der Waals surface area contributed by atoms with Crippen LogP contribution in [0.4, 0.5) is 10.1 Å². The summed E-state index contributed by atoms with van der Waals surface area (Å²) in [5.74, 6) is 0.0909. The number of rotatable bonds is 2. The summed E-state index contributed by atoms with van der Waals surface area (Å²) in [6, 6.07) is 2.96. The number of pyridine rings is 2. The third-order valence-corrected chi connectivity index (χ3v) is 5.75. The molecule has 0 amide bonds. The lowest BCUT2D eigenvalue weighted by Crippen LogP contribution is -2.16. The molecule has 1 fully saturated rings. The molecule has 0 radical (unpaired) electrons. The van der Waals surface area contributed by atoms with Crippen molar-refractivity contribution in [1.29, 1.82) is 0 Å². The number of nitrogen functional groups attached to an aromatic ring is 1. The van der Waals surface area contributed by atoms with E-state index in [-0.39, 0.29) is 16.8 Å². The molecule has 7 heteroatoms. The summed E-state index contributed by atoms with van der Waals surface area (Å²) < 4.78 is 14.1. The molecule has 1 aliphatic rings. The molecule has 4 N–H and O–H groups in total. The van der Waals surface area contributed by atoms with E-state index in [2.05, 4.69) is 20.2 Å². The van der Waals surface area contributed by atoms with Crippen LogP contribution in [0.2, 0.25) is 0 Å². The maximum atomic E-state index is 14.1. The summed E-state index contributed by atoms with van der Waals surface area (Å²) in [5.41, 5.74) is 10.8. The number of nitrogens with one attached hydrogen (secondary N) is 2. The molecule has 1 aliphatic carbocycles. The van der Waals surface area contributed by atoms with Gasteiger partial charge in [-0.25, -0.2) is 4.39 Å². The van der Waals surface area contributed by atoms with Crippen LogP contribution in [-0.4, -0.2) is 20.2 Å². The van der Waals surface area contributed by atoms with Gasteiger partial charge in [0, 0.05) is 17.1 Å². The highest BCUT2D eigenvalue weighted by molar-refractivity contribution is 6.06. The SMILES string of the molecule is Cc1c(C2CCC2)cnc2c(-c3ccc(F)c4[nH]ncc34)c(N)c(=O)[nH]c12. The lowest BCUT2D eigenvalue weighted by atomic mass is 9.79. The monoisotopic (exact) mass is 363 g/mol. The molecule has 0 unspecified atom stereocenters. The fourth-order valence-electron chi connectivity index (χ4n) is 4.01. The third kappa shape index (κ3) is 2.21. The van der Waals surface area contributed by atoms with Gasteiger partial charge in [-0.1, -0.05) is 12.5 Å². The normalized spacial score (nSPS) is 14.7. The fourth-order valence-corrected chi connectivity index (χ4v) is 4.01. The van der Waals surface area contributed by atoms with Crippen molar-refractivity contribution in [3.8, 4) is 11.1 Å².